The van der Waals surface area contributed by atoms with Crippen LogP contribution in [0.2, 0.25) is 0 Å². The average molecular weight is 659 g/mol. The molecule has 3 aromatic rings. The van der Waals surface area contributed by atoms with Gasteiger partial charge in [0.15, 0.2) is 14.7 Å². The second-order valence-corrected chi connectivity index (χ2v) is 13.8. The van der Waals surface area contributed by atoms with Crippen LogP contribution in [0.5, 0.6) is 0 Å². The average Bonchev–Trinajstić information content (AvgIpc) is 2.96. The van der Waals surface area contributed by atoms with E-state index in [9.17, 15) is 55.6 Å². The van der Waals surface area contributed by atoms with Gasteiger partial charge in [-0.2, -0.15) is 4.31 Å². The number of benzene rings is 3. The summed E-state index contributed by atoms with van der Waals surface area (Å²) in [6, 6.07) is 13.0. The van der Waals surface area contributed by atoms with Gasteiger partial charge in [-0.05, 0) is 18.2 Å². The molecule has 0 aromatic heterocycles. The van der Waals surface area contributed by atoms with E-state index in [1.807, 2.05) is 9.44 Å². The number of nitro benzene ring substituents is 3. The Morgan fingerprint density at radius 3 is 1.19 bits per heavy atom. The molecule has 0 aliphatic rings. The summed E-state index contributed by atoms with van der Waals surface area (Å²) in [5.41, 5.74) is -2.30. The highest BCUT2D eigenvalue weighted by atomic mass is 32.2. The van der Waals surface area contributed by atoms with Crippen molar-refractivity contribution >= 4 is 47.1 Å². The molecule has 18 nitrogen and oxygen atoms in total. The van der Waals surface area contributed by atoms with Crippen LogP contribution in [0.3, 0.4) is 0 Å². The molecule has 0 saturated heterocycles. The predicted octanol–water partition coefficient (Wildman–Crippen LogP) is 1.36. The third-order valence-electron chi connectivity index (χ3n) is 5.69. The molecular weight excluding hydrogens is 636 g/mol. The summed E-state index contributed by atoms with van der Waals surface area (Å²) in [4.78, 5) is 29.0. The summed E-state index contributed by atoms with van der Waals surface area (Å²) in [6.45, 7) is -2.79. The first-order valence-corrected chi connectivity index (χ1v) is 16.2. The number of para-hydroxylation sites is 3. The van der Waals surface area contributed by atoms with Crippen molar-refractivity contribution in [1.29, 1.82) is 0 Å². The van der Waals surface area contributed by atoms with E-state index in [-0.39, 0.29) is 0 Å². The van der Waals surface area contributed by atoms with Crippen molar-refractivity contribution in [1.82, 2.24) is 13.7 Å². The minimum absolute atomic E-state index is 0.555. The summed E-state index contributed by atoms with van der Waals surface area (Å²) in [7, 11) is -13.9. The van der Waals surface area contributed by atoms with E-state index in [1.165, 1.54) is 36.4 Å². The molecule has 0 saturated carbocycles. The van der Waals surface area contributed by atoms with E-state index in [2.05, 4.69) is 0 Å². The highest BCUT2D eigenvalue weighted by Gasteiger charge is 2.33. The van der Waals surface area contributed by atoms with Crippen molar-refractivity contribution in [2.75, 3.05) is 26.2 Å². The lowest BCUT2D eigenvalue weighted by atomic mass is 10.3. The number of rotatable bonds is 15. The van der Waals surface area contributed by atoms with E-state index < -0.39 is 103 Å². The molecule has 3 aromatic carbocycles. The molecule has 0 aliphatic heterocycles. The third-order valence-corrected chi connectivity index (χ3v) is 10.7. The quantitative estimate of drug-likeness (QED) is 0.173. The third kappa shape index (κ3) is 7.71. The Labute approximate surface area is 244 Å². The zero-order chi connectivity index (χ0) is 32.0. The van der Waals surface area contributed by atoms with Crippen molar-refractivity contribution in [3.05, 3.63) is 103 Å². The van der Waals surface area contributed by atoms with Gasteiger partial charge in [0.1, 0.15) is 0 Å². The molecule has 0 amide bonds. The van der Waals surface area contributed by atoms with Crippen LogP contribution in [0.25, 0.3) is 0 Å². The van der Waals surface area contributed by atoms with Crippen LogP contribution in [-0.2, 0) is 30.1 Å². The lowest BCUT2D eigenvalue weighted by Gasteiger charge is -2.22. The predicted molar refractivity (Wildman–Crippen MR) is 148 cm³/mol. The molecule has 0 radical (unpaired) electrons. The minimum Gasteiger partial charge on any atom is -0.258 e. The van der Waals surface area contributed by atoms with Gasteiger partial charge in [-0.15, -0.1) is 0 Å². The van der Waals surface area contributed by atoms with E-state index in [0.29, 0.717) is 4.31 Å². The van der Waals surface area contributed by atoms with Gasteiger partial charge in [-0.25, -0.2) is 34.7 Å². The van der Waals surface area contributed by atoms with Gasteiger partial charge >= 0.3 is 0 Å². The van der Waals surface area contributed by atoms with E-state index >= 15 is 0 Å². The number of nitro groups is 3. The molecule has 3 rings (SSSR count). The first kappa shape index (κ1) is 33.1. The second kappa shape index (κ2) is 13.3. The van der Waals surface area contributed by atoms with E-state index in [1.54, 1.807) is 0 Å². The number of hydrogen-bond acceptors (Lipinski definition) is 12. The Morgan fingerprint density at radius 2 is 0.837 bits per heavy atom. The number of nitrogens with one attached hydrogen (secondary N) is 2. The van der Waals surface area contributed by atoms with Crippen LogP contribution < -0.4 is 9.44 Å². The monoisotopic (exact) mass is 658 g/mol. The molecule has 2 N–H and O–H groups in total. The summed E-state index contributed by atoms with van der Waals surface area (Å²) >= 11 is 0. The maximum absolute atomic E-state index is 13.5. The van der Waals surface area contributed by atoms with E-state index in [0.717, 1.165) is 36.4 Å². The molecule has 21 heteroatoms. The van der Waals surface area contributed by atoms with Crippen molar-refractivity contribution < 1.29 is 40.0 Å². The van der Waals surface area contributed by atoms with E-state index in [4.69, 9.17) is 0 Å². The Morgan fingerprint density at radius 1 is 0.535 bits per heavy atom. The lowest BCUT2D eigenvalue weighted by molar-refractivity contribution is -0.388. The van der Waals surface area contributed by atoms with Crippen molar-refractivity contribution in [3.8, 4) is 0 Å². The van der Waals surface area contributed by atoms with Crippen LogP contribution >= 0.6 is 0 Å². The molecule has 0 bridgehead atoms. The Bertz CT molecular complexity index is 1790. The summed E-state index contributed by atoms with van der Waals surface area (Å²) in [6.07, 6.45) is 0. The van der Waals surface area contributed by atoms with Crippen LogP contribution in [0.4, 0.5) is 17.1 Å². The maximum Gasteiger partial charge on any atom is 0.289 e. The first-order valence-electron chi connectivity index (χ1n) is 11.8. The van der Waals surface area contributed by atoms with Gasteiger partial charge in [-0.1, -0.05) is 36.4 Å². The topological polar surface area (TPSA) is 259 Å². The lowest BCUT2D eigenvalue weighted by Crippen LogP contribution is -2.42. The fourth-order valence-corrected chi connectivity index (χ4v) is 7.73. The SMILES string of the molecule is O=[N+]([O-])c1ccccc1S(=O)(=O)NCCN(CCNS(=O)(=O)c1ccccc1[N+](=O)[O-])S(=O)(=O)c1ccccc1[N+](=O)[O-]. The number of nitrogens with zero attached hydrogens (tertiary/aromatic N) is 4. The smallest absolute Gasteiger partial charge is 0.258 e. The van der Waals surface area contributed by atoms with Crippen LogP contribution in [-0.4, -0.2) is 70.5 Å². The molecule has 0 fully saturated rings. The summed E-state index contributed by atoms with van der Waals surface area (Å²) in [5, 5.41) is 34.0. The fraction of sp³-hybridized carbons (Fsp3) is 0.182. The minimum atomic E-state index is -4.78. The molecule has 0 heterocycles. The highest BCUT2D eigenvalue weighted by molar-refractivity contribution is 7.90. The van der Waals surface area contributed by atoms with Gasteiger partial charge < -0.3 is 0 Å². The second-order valence-electron chi connectivity index (χ2n) is 8.37. The molecular formula is C22H22N6O12S3. The van der Waals surface area contributed by atoms with Gasteiger partial charge in [0.2, 0.25) is 30.1 Å². The van der Waals surface area contributed by atoms with Crippen LogP contribution in [0, 0.1) is 30.3 Å². The summed E-state index contributed by atoms with van der Waals surface area (Å²) < 4.78 is 82.7. The van der Waals surface area contributed by atoms with Gasteiger partial charge in [0.25, 0.3) is 17.1 Å². The molecule has 0 aliphatic carbocycles. The van der Waals surface area contributed by atoms with Gasteiger partial charge in [0.05, 0.1) is 14.8 Å². The number of hydrogen-bond donors (Lipinski definition) is 2. The standard InChI is InChI=1S/C22H22N6O12S3/c29-26(30)17-7-1-4-10-20(17)41(35,36)23-13-15-25(43(39,40)22-12-6-3-9-19(22)28(33)34)16-14-24-42(37,38)21-11-5-2-8-18(21)27(31)32/h1-12,23-24H,13-16H2. The molecule has 43 heavy (non-hydrogen) atoms. The molecule has 0 spiro atoms. The summed E-state index contributed by atoms with van der Waals surface area (Å²) in [5.74, 6) is 0. The number of sulfonamides is 3. The Hall–Kier alpha value is -4.41. The van der Waals surface area contributed by atoms with Gasteiger partial charge in [0, 0.05) is 44.4 Å². The van der Waals surface area contributed by atoms with Crippen LogP contribution in [0.1, 0.15) is 0 Å². The van der Waals surface area contributed by atoms with Gasteiger partial charge in [-0.3, -0.25) is 30.3 Å². The Kier molecular flexibility index (Phi) is 10.2. The van der Waals surface area contributed by atoms with Crippen molar-refractivity contribution in [2.24, 2.45) is 0 Å². The molecule has 0 unspecified atom stereocenters. The zero-order valence-electron chi connectivity index (χ0n) is 21.7. The van der Waals surface area contributed by atoms with Crippen molar-refractivity contribution in [2.45, 2.75) is 14.7 Å². The largest absolute Gasteiger partial charge is 0.289 e. The Balaban J connectivity index is 1.89. The normalized spacial score (nSPS) is 12.2. The fourth-order valence-electron chi connectivity index (χ4n) is 3.75. The zero-order valence-corrected chi connectivity index (χ0v) is 24.1. The van der Waals surface area contributed by atoms with Crippen LogP contribution in [0.15, 0.2) is 87.5 Å². The molecule has 0 atom stereocenters. The van der Waals surface area contributed by atoms with Crippen molar-refractivity contribution in [3.63, 3.8) is 0 Å². The first-order chi connectivity index (χ1) is 20.1. The molecule has 230 valence electrons. The maximum atomic E-state index is 13.5. The highest BCUT2D eigenvalue weighted by Crippen LogP contribution is 2.27.